The molecule has 4 aromatic carbocycles. The second-order valence-electron chi connectivity index (χ2n) is 6.42. The standard InChI is InChI=1S/C7H7ClS.C7H7FOS.C7H7FS.C7H8S/c8-6-9-7-4-2-1-3-5-7;8-6-10(9)7-4-2-1-3-5-7;8-6-9-7-4-2-1-3-5-7;1-8-7-5-3-2-4-6-7/h1-5H,6H2;1-5H,6H2;1-5H,6H2;2-6H,1H3. The van der Waals surface area contributed by atoms with Gasteiger partial charge in [0.2, 0.25) is 0 Å². The number of rotatable bonds is 7. The van der Waals surface area contributed by atoms with Crippen molar-refractivity contribution in [3.05, 3.63) is 121 Å². The summed E-state index contributed by atoms with van der Waals surface area (Å²) < 4.78 is 34.2. The number of thioether (sulfide) groups is 3. The van der Waals surface area contributed by atoms with Crippen LogP contribution in [0.5, 0.6) is 0 Å². The Hall–Kier alpha value is -1.77. The van der Waals surface area contributed by atoms with Crippen LogP contribution in [0.15, 0.2) is 141 Å². The molecule has 36 heavy (non-hydrogen) atoms. The predicted molar refractivity (Wildman–Crippen MR) is 158 cm³/mol. The Bertz CT molecular complexity index is 1000. The Morgan fingerprint density at radius 3 is 1.36 bits per heavy atom. The Balaban J connectivity index is 0.000000241. The first-order valence-corrected chi connectivity index (χ1v) is 15.8. The van der Waals surface area contributed by atoms with Crippen molar-refractivity contribution in [3.8, 4) is 0 Å². The fourth-order valence-electron chi connectivity index (χ4n) is 2.35. The van der Waals surface area contributed by atoms with Gasteiger partial charge in [0.15, 0.2) is 6.01 Å². The second-order valence-corrected chi connectivity index (χ2v) is 11.3. The van der Waals surface area contributed by atoms with Gasteiger partial charge >= 0.3 is 0 Å². The third-order valence-corrected chi connectivity index (χ3v) is 7.51. The summed E-state index contributed by atoms with van der Waals surface area (Å²) in [6.07, 6.45) is 2.08. The maximum Gasteiger partial charge on any atom is 0.169 e. The van der Waals surface area contributed by atoms with Crippen LogP contribution in [0.4, 0.5) is 8.78 Å². The molecule has 0 amide bonds. The molecule has 192 valence electrons. The molecule has 0 aromatic heterocycles. The lowest BCUT2D eigenvalue weighted by Crippen LogP contribution is -1.90. The quantitative estimate of drug-likeness (QED) is 0.159. The first kappa shape index (κ1) is 32.3. The molecule has 0 spiro atoms. The Morgan fingerprint density at radius 2 is 1.03 bits per heavy atom. The van der Waals surface area contributed by atoms with Crippen LogP contribution in [0.1, 0.15) is 0 Å². The third kappa shape index (κ3) is 16.1. The number of halogens is 3. The minimum absolute atomic E-state index is 0.343. The highest BCUT2D eigenvalue weighted by Crippen LogP contribution is 2.17. The average Bonchev–Trinajstić information content (AvgIpc) is 2.96. The Labute approximate surface area is 233 Å². The van der Waals surface area contributed by atoms with E-state index in [0.29, 0.717) is 10.1 Å². The molecule has 0 aliphatic rings. The van der Waals surface area contributed by atoms with E-state index in [9.17, 15) is 13.0 Å². The first-order chi connectivity index (χ1) is 17.6. The fourth-order valence-corrected chi connectivity index (χ4v) is 4.70. The lowest BCUT2D eigenvalue weighted by atomic mass is 10.4. The van der Waals surface area contributed by atoms with E-state index in [1.165, 1.54) is 21.6 Å². The molecule has 1 nitrogen and oxygen atoms in total. The van der Waals surface area contributed by atoms with Crippen molar-refractivity contribution in [1.82, 2.24) is 0 Å². The van der Waals surface area contributed by atoms with Gasteiger partial charge < -0.3 is 0 Å². The molecule has 0 radical (unpaired) electrons. The Morgan fingerprint density at radius 1 is 0.639 bits per heavy atom. The molecule has 0 aliphatic heterocycles. The summed E-state index contributed by atoms with van der Waals surface area (Å²) >= 11 is 10.1. The molecule has 0 aliphatic carbocycles. The molecule has 1 unspecified atom stereocenters. The molecule has 8 heteroatoms. The minimum atomic E-state index is -1.46. The van der Waals surface area contributed by atoms with E-state index < -0.39 is 16.8 Å². The minimum Gasteiger partial charge on any atom is -0.252 e. The van der Waals surface area contributed by atoms with Gasteiger partial charge in [-0.25, -0.2) is 8.78 Å². The molecule has 0 bridgehead atoms. The number of hydrogen-bond acceptors (Lipinski definition) is 4. The van der Waals surface area contributed by atoms with Crippen LogP contribution in [0.2, 0.25) is 0 Å². The number of hydrogen-bond donors (Lipinski definition) is 0. The van der Waals surface area contributed by atoms with Crippen LogP contribution < -0.4 is 0 Å². The lowest BCUT2D eigenvalue weighted by Gasteiger charge is -1.93. The molecular weight excluding hydrogens is 554 g/mol. The number of alkyl halides is 3. The highest BCUT2D eigenvalue weighted by molar-refractivity contribution is 8.00. The summed E-state index contributed by atoms with van der Waals surface area (Å²) in [5.74, 6) is 0. The topological polar surface area (TPSA) is 17.1 Å². The SMILES string of the molecule is CSc1ccccc1.ClCSc1ccccc1.FCSc1ccccc1.O=S(CF)c1ccccc1. The zero-order chi connectivity index (χ0) is 26.3. The smallest absolute Gasteiger partial charge is 0.169 e. The van der Waals surface area contributed by atoms with Gasteiger partial charge in [0.1, 0.15) is 6.01 Å². The van der Waals surface area contributed by atoms with E-state index in [4.69, 9.17) is 11.6 Å². The van der Waals surface area contributed by atoms with E-state index in [1.54, 1.807) is 53.9 Å². The van der Waals surface area contributed by atoms with Crippen molar-refractivity contribution in [1.29, 1.82) is 0 Å². The molecule has 0 heterocycles. The van der Waals surface area contributed by atoms with Crippen LogP contribution in [0.25, 0.3) is 0 Å². The molecule has 4 aromatic rings. The largest absolute Gasteiger partial charge is 0.252 e. The van der Waals surface area contributed by atoms with Gasteiger partial charge in [-0.05, 0) is 54.8 Å². The van der Waals surface area contributed by atoms with Gasteiger partial charge in [0.05, 0.1) is 16.0 Å². The maximum absolute atomic E-state index is 11.8. The molecule has 0 saturated carbocycles. The van der Waals surface area contributed by atoms with Gasteiger partial charge in [-0.2, -0.15) is 0 Å². The van der Waals surface area contributed by atoms with Crippen molar-refractivity contribution in [2.24, 2.45) is 0 Å². The molecule has 4 rings (SSSR count). The van der Waals surface area contributed by atoms with Gasteiger partial charge in [-0.1, -0.05) is 84.6 Å². The summed E-state index contributed by atoms with van der Waals surface area (Å²) in [7, 11) is -1.46. The van der Waals surface area contributed by atoms with Crippen molar-refractivity contribution in [2.75, 3.05) is 23.5 Å². The predicted octanol–water partition coefficient (Wildman–Crippen LogP) is 9.81. The normalized spacial score (nSPS) is 10.3. The summed E-state index contributed by atoms with van der Waals surface area (Å²) in [6, 6.07) is 37.4. The molecule has 1 atom stereocenters. The van der Waals surface area contributed by atoms with Crippen LogP contribution in [-0.2, 0) is 10.8 Å². The van der Waals surface area contributed by atoms with Gasteiger partial charge in [0, 0.05) is 19.6 Å². The van der Waals surface area contributed by atoms with Crippen LogP contribution >= 0.6 is 46.9 Å². The van der Waals surface area contributed by atoms with Crippen LogP contribution in [0, 0.1) is 0 Å². The monoisotopic (exact) mass is 582 g/mol. The van der Waals surface area contributed by atoms with Gasteiger partial charge in [0.25, 0.3) is 0 Å². The highest BCUT2D eigenvalue weighted by Gasteiger charge is 1.98. The lowest BCUT2D eigenvalue weighted by molar-refractivity contribution is 0.580. The summed E-state index contributed by atoms with van der Waals surface area (Å²) in [4.78, 5) is 4.09. The summed E-state index contributed by atoms with van der Waals surface area (Å²) in [5.41, 5.74) is 0. The summed E-state index contributed by atoms with van der Waals surface area (Å²) in [6.45, 7) is 0. The van der Waals surface area contributed by atoms with Crippen molar-refractivity contribution >= 4 is 57.7 Å². The zero-order valence-electron chi connectivity index (χ0n) is 19.8. The third-order valence-electron chi connectivity index (χ3n) is 4.01. The van der Waals surface area contributed by atoms with Crippen molar-refractivity contribution in [3.63, 3.8) is 0 Å². The van der Waals surface area contributed by atoms with E-state index in [2.05, 4.69) is 18.4 Å². The average molecular weight is 583 g/mol. The van der Waals surface area contributed by atoms with Crippen molar-refractivity contribution in [2.45, 2.75) is 19.6 Å². The van der Waals surface area contributed by atoms with E-state index >= 15 is 0 Å². The molecule has 0 saturated heterocycles. The van der Waals surface area contributed by atoms with Crippen molar-refractivity contribution < 1.29 is 13.0 Å². The van der Waals surface area contributed by atoms with Crippen LogP contribution in [-0.4, -0.2) is 27.7 Å². The van der Waals surface area contributed by atoms with Gasteiger partial charge in [-0.3, -0.25) is 4.21 Å². The maximum atomic E-state index is 11.8. The fraction of sp³-hybridized carbons (Fsp3) is 0.143. The first-order valence-electron chi connectivity index (χ1n) is 10.7. The van der Waals surface area contributed by atoms with Crippen LogP contribution in [0.3, 0.4) is 0 Å². The Kier molecular flexibility index (Phi) is 20.1. The highest BCUT2D eigenvalue weighted by atomic mass is 35.5. The number of benzene rings is 4. The van der Waals surface area contributed by atoms with E-state index in [0.717, 1.165) is 4.90 Å². The zero-order valence-corrected chi connectivity index (χ0v) is 23.9. The van der Waals surface area contributed by atoms with Gasteiger partial charge in [-0.15, -0.1) is 35.1 Å². The van der Waals surface area contributed by atoms with E-state index in [1.807, 2.05) is 78.9 Å². The summed E-state index contributed by atoms with van der Waals surface area (Å²) in [5, 5.41) is 0.629. The molecule has 0 N–H and O–H groups in total. The molecule has 0 fully saturated rings. The molecular formula is C28H29ClF2OS4. The van der Waals surface area contributed by atoms with E-state index in [-0.39, 0.29) is 6.01 Å². The second kappa shape index (κ2) is 22.4.